The summed E-state index contributed by atoms with van der Waals surface area (Å²) in [5.41, 5.74) is 1.43. The van der Waals surface area contributed by atoms with E-state index in [0.717, 1.165) is 37.3 Å². The Labute approximate surface area is 135 Å². The number of carbonyl (C=O) groups is 1. The van der Waals surface area contributed by atoms with Gasteiger partial charge < -0.3 is 15.0 Å². The van der Waals surface area contributed by atoms with E-state index in [1.54, 1.807) is 6.20 Å². The van der Waals surface area contributed by atoms with E-state index in [2.05, 4.69) is 20.2 Å². The zero-order valence-electron chi connectivity index (χ0n) is 13.1. The van der Waals surface area contributed by atoms with Crippen LogP contribution in [-0.2, 0) is 9.53 Å². The van der Waals surface area contributed by atoms with E-state index < -0.39 is 6.10 Å². The Morgan fingerprint density at radius 1 is 1.26 bits per heavy atom. The molecule has 1 amide bonds. The van der Waals surface area contributed by atoms with E-state index in [-0.39, 0.29) is 5.91 Å². The second-order valence-electron chi connectivity index (χ2n) is 5.47. The maximum Gasteiger partial charge on any atom is 0.258 e. The zero-order valence-corrected chi connectivity index (χ0v) is 13.1. The molecule has 1 aromatic carbocycles. The minimum Gasteiger partial charge on any atom is -0.367 e. The van der Waals surface area contributed by atoms with Crippen molar-refractivity contribution in [1.29, 1.82) is 0 Å². The molecular formula is C17H20N4O2. The van der Waals surface area contributed by atoms with E-state index >= 15 is 0 Å². The molecule has 0 bridgehead atoms. The van der Waals surface area contributed by atoms with E-state index in [1.807, 2.05) is 30.3 Å². The molecule has 0 spiro atoms. The van der Waals surface area contributed by atoms with Crippen molar-refractivity contribution in [3.63, 3.8) is 0 Å². The molecule has 23 heavy (non-hydrogen) atoms. The Morgan fingerprint density at radius 3 is 2.70 bits per heavy atom. The van der Waals surface area contributed by atoms with E-state index in [0.29, 0.717) is 5.69 Å². The minimum atomic E-state index is -0.664. The van der Waals surface area contributed by atoms with Crippen LogP contribution in [-0.4, -0.2) is 36.1 Å². The van der Waals surface area contributed by atoms with Gasteiger partial charge in [-0.05, 0) is 18.4 Å². The number of nitrogens with zero attached hydrogens (tertiary/aromatic N) is 3. The van der Waals surface area contributed by atoms with Crippen LogP contribution in [0.3, 0.4) is 0 Å². The first kappa shape index (κ1) is 15.4. The highest BCUT2D eigenvalue weighted by molar-refractivity contribution is 5.97. The van der Waals surface area contributed by atoms with Crippen LogP contribution >= 0.6 is 0 Å². The highest BCUT2D eigenvalue weighted by Crippen LogP contribution is 2.27. The summed E-state index contributed by atoms with van der Waals surface area (Å²) >= 11 is 0. The van der Waals surface area contributed by atoms with Crippen LogP contribution in [0.5, 0.6) is 0 Å². The third kappa shape index (κ3) is 3.48. The van der Waals surface area contributed by atoms with Crippen molar-refractivity contribution in [3.8, 4) is 0 Å². The molecular weight excluding hydrogens is 292 g/mol. The number of methoxy groups -OCH3 is 1. The van der Waals surface area contributed by atoms with Crippen molar-refractivity contribution in [2.45, 2.75) is 18.9 Å². The smallest absolute Gasteiger partial charge is 0.258 e. The maximum atomic E-state index is 12.6. The third-order valence-corrected chi connectivity index (χ3v) is 3.93. The summed E-state index contributed by atoms with van der Waals surface area (Å²) in [4.78, 5) is 23.1. The molecule has 0 aliphatic carbocycles. The Hall–Kier alpha value is -2.47. The van der Waals surface area contributed by atoms with Gasteiger partial charge >= 0.3 is 0 Å². The molecule has 0 unspecified atom stereocenters. The zero-order chi connectivity index (χ0) is 16.1. The van der Waals surface area contributed by atoms with Crippen LogP contribution in [0.15, 0.2) is 42.9 Å². The lowest BCUT2D eigenvalue weighted by Gasteiger charge is -2.21. The standard InChI is InChI=1S/C17H20N4O2/c1-23-15(13-7-3-2-4-8-13)17(22)20-14-11-18-12-19-16(14)21-9-5-6-10-21/h2-4,7-8,11-12,15H,5-6,9-10H2,1H3,(H,20,22)/t15-/m0/s1. The van der Waals surface area contributed by atoms with Gasteiger partial charge in [0.05, 0.1) is 6.20 Å². The van der Waals surface area contributed by atoms with Crippen molar-refractivity contribution in [3.05, 3.63) is 48.4 Å². The monoisotopic (exact) mass is 312 g/mol. The van der Waals surface area contributed by atoms with E-state index in [9.17, 15) is 4.79 Å². The topological polar surface area (TPSA) is 67.3 Å². The molecule has 1 atom stereocenters. The number of aromatic nitrogens is 2. The first-order valence-corrected chi connectivity index (χ1v) is 7.73. The summed E-state index contributed by atoms with van der Waals surface area (Å²) in [6, 6.07) is 9.42. The summed E-state index contributed by atoms with van der Waals surface area (Å²) in [5.74, 6) is 0.544. The molecule has 6 nitrogen and oxygen atoms in total. The van der Waals surface area contributed by atoms with Gasteiger partial charge in [0.15, 0.2) is 11.9 Å². The van der Waals surface area contributed by atoms with Gasteiger partial charge in [0.2, 0.25) is 0 Å². The van der Waals surface area contributed by atoms with Gasteiger partial charge in [0.1, 0.15) is 12.0 Å². The summed E-state index contributed by atoms with van der Waals surface area (Å²) in [5, 5.41) is 2.91. The number of anilines is 2. The fourth-order valence-electron chi connectivity index (χ4n) is 2.81. The average molecular weight is 312 g/mol. The van der Waals surface area contributed by atoms with Crippen molar-refractivity contribution >= 4 is 17.4 Å². The first-order chi connectivity index (χ1) is 11.3. The number of carbonyl (C=O) groups excluding carboxylic acids is 1. The molecule has 120 valence electrons. The second kappa shape index (κ2) is 7.19. The van der Waals surface area contributed by atoms with Crippen LogP contribution in [0.2, 0.25) is 0 Å². The molecule has 0 radical (unpaired) electrons. The fraction of sp³-hybridized carbons (Fsp3) is 0.353. The van der Waals surface area contributed by atoms with Gasteiger partial charge in [-0.2, -0.15) is 0 Å². The summed E-state index contributed by atoms with van der Waals surface area (Å²) in [6.45, 7) is 1.90. The van der Waals surface area contributed by atoms with Gasteiger partial charge in [-0.15, -0.1) is 0 Å². The van der Waals surface area contributed by atoms with Crippen molar-refractivity contribution in [2.24, 2.45) is 0 Å². The molecule has 0 saturated carbocycles. The maximum absolute atomic E-state index is 12.6. The molecule has 1 aliphatic rings. The molecule has 1 saturated heterocycles. The molecule has 1 N–H and O–H groups in total. The average Bonchev–Trinajstić information content (AvgIpc) is 3.11. The molecule has 2 heterocycles. The number of amides is 1. The number of hydrogen-bond donors (Lipinski definition) is 1. The number of hydrogen-bond acceptors (Lipinski definition) is 5. The highest BCUT2D eigenvalue weighted by Gasteiger charge is 2.23. The van der Waals surface area contributed by atoms with Gasteiger partial charge in [-0.25, -0.2) is 9.97 Å². The number of benzene rings is 1. The normalized spacial score (nSPS) is 15.4. The van der Waals surface area contributed by atoms with Gasteiger partial charge in [0.25, 0.3) is 5.91 Å². The van der Waals surface area contributed by atoms with Crippen LogP contribution in [0, 0.1) is 0 Å². The van der Waals surface area contributed by atoms with Gasteiger partial charge in [-0.3, -0.25) is 4.79 Å². The Bertz CT molecular complexity index is 657. The molecule has 1 fully saturated rings. The van der Waals surface area contributed by atoms with E-state index in [4.69, 9.17) is 4.74 Å². The van der Waals surface area contributed by atoms with Crippen LogP contribution in [0.4, 0.5) is 11.5 Å². The Kier molecular flexibility index (Phi) is 4.83. The van der Waals surface area contributed by atoms with Crippen LogP contribution in [0.25, 0.3) is 0 Å². The van der Waals surface area contributed by atoms with Crippen LogP contribution in [0.1, 0.15) is 24.5 Å². The lowest BCUT2D eigenvalue weighted by Crippen LogP contribution is -2.26. The minimum absolute atomic E-state index is 0.228. The Morgan fingerprint density at radius 2 is 2.00 bits per heavy atom. The third-order valence-electron chi connectivity index (χ3n) is 3.93. The first-order valence-electron chi connectivity index (χ1n) is 7.73. The number of ether oxygens (including phenoxy) is 1. The predicted octanol–water partition coefficient (Wildman–Crippen LogP) is 2.40. The second-order valence-corrected chi connectivity index (χ2v) is 5.47. The molecule has 2 aromatic rings. The predicted molar refractivity (Wildman–Crippen MR) is 88.3 cm³/mol. The van der Waals surface area contributed by atoms with Gasteiger partial charge in [-0.1, -0.05) is 30.3 Å². The molecule has 1 aromatic heterocycles. The Balaban J connectivity index is 1.79. The van der Waals surface area contributed by atoms with E-state index in [1.165, 1.54) is 13.4 Å². The molecule has 3 rings (SSSR count). The number of nitrogens with one attached hydrogen (secondary N) is 1. The van der Waals surface area contributed by atoms with Gasteiger partial charge in [0, 0.05) is 20.2 Å². The highest BCUT2D eigenvalue weighted by atomic mass is 16.5. The van der Waals surface area contributed by atoms with Crippen molar-refractivity contribution in [1.82, 2.24) is 9.97 Å². The fourth-order valence-corrected chi connectivity index (χ4v) is 2.81. The lowest BCUT2D eigenvalue weighted by atomic mass is 10.1. The van der Waals surface area contributed by atoms with Crippen molar-refractivity contribution in [2.75, 3.05) is 30.4 Å². The SMILES string of the molecule is CO[C@H](C(=O)Nc1cncnc1N1CCCC1)c1ccccc1. The van der Waals surface area contributed by atoms with Crippen molar-refractivity contribution < 1.29 is 9.53 Å². The summed E-state index contributed by atoms with van der Waals surface area (Å²) in [7, 11) is 1.53. The summed E-state index contributed by atoms with van der Waals surface area (Å²) < 4.78 is 5.37. The van der Waals surface area contributed by atoms with Crippen LogP contribution < -0.4 is 10.2 Å². The largest absolute Gasteiger partial charge is 0.367 e. The lowest BCUT2D eigenvalue weighted by molar-refractivity contribution is -0.126. The molecule has 1 aliphatic heterocycles. The number of rotatable bonds is 5. The molecule has 6 heteroatoms. The summed E-state index contributed by atoms with van der Waals surface area (Å²) in [6.07, 6.45) is 4.76. The quantitative estimate of drug-likeness (QED) is 0.918.